The van der Waals surface area contributed by atoms with Crippen molar-refractivity contribution in [3.63, 3.8) is 0 Å². The topological polar surface area (TPSA) is 67.2 Å². The SMILES string of the molecule is Cc1c(C(=O)NC2CCN(C(=O)C(F)(F)F)CC2)nn(-c2ccc(Cl)cc2Cl)c1-c1ccc(Cl)cc1. The Morgan fingerprint density at radius 2 is 1.61 bits per heavy atom. The zero-order valence-corrected chi connectivity index (χ0v) is 21.1. The molecule has 0 atom stereocenters. The minimum Gasteiger partial charge on any atom is -0.348 e. The van der Waals surface area contributed by atoms with Crippen LogP contribution in [0.25, 0.3) is 16.9 Å². The van der Waals surface area contributed by atoms with Crippen molar-refractivity contribution < 1.29 is 22.8 Å². The molecule has 1 fully saturated rings. The van der Waals surface area contributed by atoms with Crippen LogP contribution in [-0.4, -0.2) is 51.8 Å². The van der Waals surface area contributed by atoms with Gasteiger partial charge >= 0.3 is 12.1 Å². The lowest BCUT2D eigenvalue weighted by Crippen LogP contribution is -2.50. The standard InChI is InChI=1S/C24H20Cl3F3N4O2/c1-13-20(22(35)31-17-8-10-33(11-9-17)23(36)24(28,29)30)32-34(19-7-6-16(26)12-18(19)27)21(13)14-2-4-15(25)5-3-14/h2-7,12,17H,8-11H2,1H3,(H,31,35). The monoisotopic (exact) mass is 558 g/mol. The van der Waals surface area contributed by atoms with Crippen molar-refractivity contribution in [2.24, 2.45) is 0 Å². The summed E-state index contributed by atoms with van der Waals surface area (Å²) in [5, 5.41) is 8.69. The van der Waals surface area contributed by atoms with Gasteiger partial charge in [-0.05, 0) is 50.1 Å². The van der Waals surface area contributed by atoms with Gasteiger partial charge in [0.05, 0.1) is 16.4 Å². The molecule has 1 aliphatic heterocycles. The van der Waals surface area contributed by atoms with Gasteiger partial charge in [-0.15, -0.1) is 0 Å². The van der Waals surface area contributed by atoms with Crippen molar-refractivity contribution in [3.8, 4) is 16.9 Å². The molecule has 0 radical (unpaired) electrons. The van der Waals surface area contributed by atoms with Crippen LogP contribution in [-0.2, 0) is 4.79 Å². The van der Waals surface area contributed by atoms with Crippen LogP contribution in [0, 0.1) is 6.92 Å². The van der Waals surface area contributed by atoms with E-state index in [0.29, 0.717) is 32.0 Å². The van der Waals surface area contributed by atoms with Crippen LogP contribution in [0.3, 0.4) is 0 Å². The Balaban J connectivity index is 1.62. The van der Waals surface area contributed by atoms with Crippen LogP contribution in [0.5, 0.6) is 0 Å². The Morgan fingerprint density at radius 1 is 1.00 bits per heavy atom. The number of nitrogens with one attached hydrogen (secondary N) is 1. The van der Waals surface area contributed by atoms with Gasteiger partial charge in [0, 0.05) is 40.3 Å². The molecule has 4 rings (SSSR count). The number of hydrogen-bond donors (Lipinski definition) is 1. The van der Waals surface area contributed by atoms with E-state index in [2.05, 4.69) is 10.4 Å². The second-order valence-electron chi connectivity index (χ2n) is 8.37. The number of piperidine rings is 1. The molecule has 2 aromatic carbocycles. The quantitative estimate of drug-likeness (QED) is 0.421. The number of carbonyl (C=O) groups excluding carboxylic acids is 2. The van der Waals surface area contributed by atoms with Gasteiger partial charge in [-0.1, -0.05) is 46.9 Å². The summed E-state index contributed by atoms with van der Waals surface area (Å²) in [5.41, 5.74) is 2.58. The number of benzene rings is 2. The summed E-state index contributed by atoms with van der Waals surface area (Å²) in [6, 6.07) is 11.5. The number of aromatic nitrogens is 2. The first kappa shape index (κ1) is 26.3. The lowest BCUT2D eigenvalue weighted by atomic mass is 10.0. The second kappa shape index (κ2) is 10.3. The minimum absolute atomic E-state index is 0.104. The van der Waals surface area contributed by atoms with Gasteiger partial charge in [-0.2, -0.15) is 18.3 Å². The predicted octanol–water partition coefficient (Wildman–Crippen LogP) is 6.09. The first-order valence-electron chi connectivity index (χ1n) is 10.9. The van der Waals surface area contributed by atoms with Crippen molar-refractivity contribution in [1.29, 1.82) is 0 Å². The maximum absolute atomic E-state index is 13.2. The van der Waals surface area contributed by atoms with Gasteiger partial charge in [0.15, 0.2) is 5.69 Å². The van der Waals surface area contributed by atoms with E-state index in [9.17, 15) is 22.8 Å². The number of likely N-dealkylation sites (tertiary alicyclic amines) is 1. The molecule has 2 amide bonds. The fourth-order valence-electron chi connectivity index (χ4n) is 4.15. The molecule has 36 heavy (non-hydrogen) atoms. The normalized spacial score (nSPS) is 14.7. The van der Waals surface area contributed by atoms with Crippen molar-refractivity contribution in [2.45, 2.75) is 32.0 Å². The molecule has 3 aromatic rings. The minimum atomic E-state index is -4.92. The summed E-state index contributed by atoms with van der Waals surface area (Å²) in [7, 11) is 0. The maximum Gasteiger partial charge on any atom is 0.471 e. The molecule has 0 unspecified atom stereocenters. The van der Waals surface area contributed by atoms with Crippen molar-refractivity contribution in [3.05, 3.63) is 68.8 Å². The Morgan fingerprint density at radius 3 is 2.19 bits per heavy atom. The average molecular weight is 560 g/mol. The molecule has 1 saturated heterocycles. The molecule has 190 valence electrons. The fraction of sp³-hybridized carbons (Fsp3) is 0.292. The third kappa shape index (κ3) is 5.48. The molecule has 0 bridgehead atoms. The fourth-order valence-corrected chi connectivity index (χ4v) is 4.76. The molecule has 2 heterocycles. The van der Waals surface area contributed by atoms with Gasteiger partial charge in [-0.25, -0.2) is 4.68 Å². The lowest BCUT2D eigenvalue weighted by molar-refractivity contribution is -0.186. The largest absolute Gasteiger partial charge is 0.471 e. The van der Waals surface area contributed by atoms with E-state index in [1.807, 2.05) is 0 Å². The van der Waals surface area contributed by atoms with Crippen molar-refractivity contribution in [1.82, 2.24) is 20.0 Å². The first-order chi connectivity index (χ1) is 17.0. The zero-order chi connectivity index (χ0) is 26.2. The Bertz CT molecular complexity index is 1300. The van der Waals surface area contributed by atoms with E-state index in [1.165, 1.54) is 0 Å². The molecule has 1 N–H and O–H groups in total. The third-order valence-electron chi connectivity index (χ3n) is 5.95. The molecule has 0 spiro atoms. The molecule has 1 aliphatic rings. The molecule has 0 saturated carbocycles. The summed E-state index contributed by atoms with van der Waals surface area (Å²) in [6.45, 7) is 1.54. The average Bonchev–Trinajstić information content (AvgIpc) is 3.16. The zero-order valence-electron chi connectivity index (χ0n) is 18.9. The summed E-state index contributed by atoms with van der Waals surface area (Å²) in [5.74, 6) is -2.35. The van der Waals surface area contributed by atoms with Gasteiger partial charge in [0.2, 0.25) is 0 Å². The van der Waals surface area contributed by atoms with Gasteiger partial charge in [0.25, 0.3) is 5.91 Å². The highest BCUT2D eigenvalue weighted by molar-refractivity contribution is 6.35. The summed E-state index contributed by atoms with van der Waals surface area (Å²) < 4.78 is 39.7. The number of hydrogen-bond acceptors (Lipinski definition) is 3. The molecular formula is C24H20Cl3F3N4O2. The van der Waals surface area contributed by atoms with Crippen molar-refractivity contribution >= 4 is 46.6 Å². The highest BCUT2D eigenvalue weighted by Crippen LogP contribution is 2.33. The van der Waals surface area contributed by atoms with E-state index >= 15 is 0 Å². The number of nitrogens with zero attached hydrogens (tertiary/aromatic N) is 3. The van der Waals surface area contributed by atoms with Gasteiger partial charge in [0.1, 0.15) is 0 Å². The maximum atomic E-state index is 13.2. The van der Waals surface area contributed by atoms with Crippen LogP contribution in [0.1, 0.15) is 28.9 Å². The second-order valence-corrected chi connectivity index (χ2v) is 9.65. The summed E-state index contributed by atoms with van der Waals surface area (Å²) >= 11 is 18.5. The first-order valence-corrected chi connectivity index (χ1v) is 12.1. The molecule has 0 aliphatic carbocycles. The number of carbonyl (C=O) groups is 2. The van der Waals surface area contributed by atoms with Crippen molar-refractivity contribution in [2.75, 3.05) is 13.1 Å². The molecule has 6 nitrogen and oxygen atoms in total. The molecular weight excluding hydrogens is 540 g/mol. The van der Waals surface area contributed by atoms with Crippen LogP contribution in [0.4, 0.5) is 13.2 Å². The molecule has 12 heteroatoms. The number of alkyl halides is 3. The van der Waals surface area contributed by atoms with Gasteiger partial charge in [-0.3, -0.25) is 9.59 Å². The Hall–Kier alpha value is -2.75. The summed E-state index contributed by atoms with van der Waals surface area (Å²) in [4.78, 5) is 25.4. The number of halogens is 6. The highest BCUT2D eigenvalue weighted by Gasteiger charge is 2.43. The smallest absolute Gasteiger partial charge is 0.348 e. The highest BCUT2D eigenvalue weighted by atomic mass is 35.5. The number of rotatable bonds is 4. The van der Waals surface area contributed by atoms with Crippen LogP contribution >= 0.6 is 34.8 Å². The van der Waals surface area contributed by atoms with E-state index in [0.717, 1.165) is 10.5 Å². The van der Waals surface area contributed by atoms with E-state index in [4.69, 9.17) is 34.8 Å². The van der Waals surface area contributed by atoms with Crippen LogP contribution in [0.15, 0.2) is 42.5 Å². The third-order valence-corrected chi connectivity index (χ3v) is 6.74. The van der Waals surface area contributed by atoms with Crippen LogP contribution < -0.4 is 5.32 Å². The Kier molecular flexibility index (Phi) is 7.54. The van der Waals surface area contributed by atoms with E-state index < -0.39 is 24.0 Å². The predicted molar refractivity (Wildman–Crippen MR) is 132 cm³/mol. The van der Waals surface area contributed by atoms with Crippen LogP contribution in [0.2, 0.25) is 15.1 Å². The molecule has 1 aromatic heterocycles. The van der Waals surface area contributed by atoms with Gasteiger partial charge < -0.3 is 10.2 Å². The number of amides is 2. The van der Waals surface area contributed by atoms with E-state index in [1.54, 1.807) is 54.1 Å². The lowest BCUT2D eigenvalue weighted by Gasteiger charge is -2.32. The Labute approximate surface area is 219 Å². The van der Waals surface area contributed by atoms with E-state index in [-0.39, 0.29) is 31.6 Å². The summed E-state index contributed by atoms with van der Waals surface area (Å²) in [6.07, 6.45) is -4.53.